The Labute approximate surface area is 91.3 Å². The second kappa shape index (κ2) is 4.73. The van der Waals surface area contributed by atoms with Crippen molar-refractivity contribution in [3.05, 3.63) is 30.1 Å². The third kappa shape index (κ3) is 2.55. The molecular formula is C12H19N3. The third-order valence-electron chi connectivity index (χ3n) is 3.02. The van der Waals surface area contributed by atoms with Crippen LogP contribution in [0.25, 0.3) is 0 Å². The lowest BCUT2D eigenvalue weighted by Crippen LogP contribution is -2.34. The largest absolute Gasteiger partial charge is 0.329 e. The lowest BCUT2D eigenvalue weighted by Gasteiger charge is -2.28. The molecule has 0 aromatic carbocycles. The third-order valence-corrected chi connectivity index (χ3v) is 3.02. The van der Waals surface area contributed by atoms with Gasteiger partial charge in [-0.25, -0.2) is 0 Å². The molecule has 1 aromatic rings. The summed E-state index contributed by atoms with van der Waals surface area (Å²) in [5, 5.41) is 0. The fourth-order valence-corrected chi connectivity index (χ4v) is 2.04. The zero-order chi connectivity index (χ0) is 10.7. The molecule has 0 bridgehead atoms. The molecule has 1 unspecified atom stereocenters. The fourth-order valence-electron chi connectivity index (χ4n) is 2.04. The van der Waals surface area contributed by atoms with Gasteiger partial charge >= 0.3 is 0 Å². The number of nitrogens with two attached hydrogens (primary N) is 1. The molecule has 15 heavy (non-hydrogen) atoms. The van der Waals surface area contributed by atoms with Gasteiger partial charge < -0.3 is 5.73 Å². The molecule has 1 aliphatic carbocycles. The van der Waals surface area contributed by atoms with Crippen molar-refractivity contribution in [3.63, 3.8) is 0 Å². The predicted octanol–water partition coefficient (Wildman–Crippen LogP) is 1.57. The fraction of sp³-hybridized carbons (Fsp3) is 0.583. The Kier molecular flexibility index (Phi) is 3.34. The Morgan fingerprint density at radius 1 is 1.53 bits per heavy atom. The molecule has 0 radical (unpaired) electrons. The lowest BCUT2D eigenvalue weighted by molar-refractivity contribution is 0.202. The lowest BCUT2D eigenvalue weighted by atomic mass is 10.2. The molecule has 0 spiro atoms. The van der Waals surface area contributed by atoms with Crippen LogP contribution in [0.3, 0.4) is 0 Å². The van der Waals surface area contributed by atoms with Gasteiger partial charge in [0.2, 0.25) is 0 Å². The second-order valence-corrected chi connectivity index (χ2v) is 4.19. The number of rotatable bonds is 5. The highest BCUT2D eigenvalue weighted by Gasteiger charge is 2.32. The van der Waals surface area contributed by atoms with E-state index < -0.39 is 0 Å². The van der Waals surface area contributed by atoms with Gasteiger partial charge in [-0.15, -0.1) is 0 Å². The average molecular weight is 205 g/mol. The topological polar surface area (TPSA) is 42.2 Å². The first-order chi connectivity index (χ1) is 7.33. The van der Waals surface area contributed by atoms with Gasteiger partial charge in [0.05, 0.1) is 5.69 Å². The van der Waals surface area contributed by atoms with Gasteiger partial charge in [0, 0.05) is 31.4 Å². The van der Waals surface area contributed by atoms with Gasteiger partial charge in [-0.2, -0.15) is 0 Å². The van der Waals surface area contributed by atoms with E-state index in [4.69, 9.17) is 5.73 Å². The summed E-state index contributed by atoms with van der Waals surface area (Å²) >= 11 is 0. The van der Waals surface area contributed by atoms with Gasteiger partial charge in [0.1, 0.15) is 0 Å². The maximum Gasteiger partial charge on any atom is 0.0572 e. The minimum Gasteiger partial charge on any atom is -0.329 e. The van der Waals surface area contributed by atoms with Crippen molar-refractivity contribution in [1.82, 2.24) is 9.88 Å². The van der Waals surface area contributed by atoms with E-state index in [1.165, 1.54) is 12.8 Å². The van der Waals surface area contributed by atoms with E-state index in [2.05, 4.69) is 22.9 Å². The maximum absolute atomic E-state index is 5.65. The number of aromatic nitrogens is 1. The summed E-state index contributed by atoms with van der Waals surface area (Å²) in [6.07, 6.45) is 4.49. The highest BCUT2D eigenvalue weighted by atomic mass is 15.2. The Morgan fingerprint density at radius 2 is 2.33 bits per heavy atom. The second-order valence-electron chi connectivity index (χ2n) is 4.19. The highest BCUT2D eigenvalue weighted by molar-refractivity contribution is 5.09. The molecule has 82 valence electrons. The standard InChI is InChI=1S/C12H19N3/c1-10(12-4-2-3-8-14-12)15(9-7-13)11-5-6-11/h2-4,8,10-11H,5-7,9,13H2,1H3. The van der Waals surface area contributed by atoms with Crippen LogP contribution in [0.5, 0.6) is 0 Å². The van der Waals surface area contributed by atoms with Crippen LogP contribution in [-0.2, 0) is 0 Å². The normalized spacial score (nSPS) is 18.1. The molecule has 1 heterocycles. The van der Waals surface area contributed by atoms with E-state index in [1.807, 2.05) is 18.3 Å². The molecule has 3 heteroatoms. The molecule has 2 N–H and O–H groups in total. The van der Waals surface area contributed by atoms with E-state index >= 15 is 0 Å². The summed E-state index contributed by atoms with van der Waals surface area (Å²) in [5.74, 6) is 0. The van der Waals surface area contributed by atoms with E-state index in [9.17, 15) is 0 Å². The zero-order valence-electron chi connectivity index (χ0n) is 9.26. The number of nitrogens with zero attached hydrogens (tertiary/aromatic N) is 2. The smallest absolute Gasteiger partial charge is 0.0572 e. The SMILES string of the molecule is CC(c1ccccn1)N(CCN)C1CC1. The van der Waals surface area contributed by atoms with Gasteiger partial charge in [0.15, 0.2) is 0 Å². The first kappa shape index (κ1) is 10.6. The van der Waals surface area contributed by atoms with Crippen molar-refractivity contribution in [2.24, 2.45) is 5.73 Å². The quantitative estimate of drug-likeness (QED) is 0.793. The van der Waals surface area contributed by atoms with Crippen molar-refractivity contribution in [1.29, 1.82) is 0 Å². The van der Waals surface area contributed by atoms with Gasteiger partial charge in [-0.05, 0) is 31.9 Å². The molecule has 0 saturated heterocycles. The molecule has 2 rings (SSSR count). The van der Waals surface area contributed by atoms with Crippen LogP contribution in [0.2, 0.25) is 0 Å². The van der Waals surface area contributed by atoms with Crippen molar-refractivity contribution in [2.75, 3.05) is 13.1 Å². The zero-order valence-corrected chi connectivity index (χ0v) is 9.26. The van der Waals surface area contributed by atoms with Crippen molar-refractivity contribution < 1.29 is 0 Å². The molecule has 1 saturated carbocycles. The van der Waals surface area contributed by atoms with E-state index in [1.54, 1.807) is 0 Å². The minimum atomic E-state index is 0.391. The minimum absolute atomic E-state index is 0.391. The summed E-state index contributed by atoms with van der Waals surface area (Å²) in [5.41, 5.74) is 6.80. The summed E-state index contributed by atoms with van der Waals surface area (Å²) < 4.78 is 0. The number of pyridine rings is 1. The number of hydrogen-bond acceptors (Lipinski definition) is 3. The van der Waals surface area contributed by atoms with Crippen LogP contribution in [0, 0.1) is 0 Å². The molecule has 3 nitrogen and oxygen atoms in total. The predicted molar refractivity (Wildman–Crippen MR) is 61.4 cm³/mol. The van der Waals surface area contributed by atoms with Crippen LogP contribution >= 0.6 is 0 Å². The van der Waals surface area contributed by atoms with Crippen molar-refractivity contribution in [3.8, 4) is 0 Å². The van der Waals surface area contributed by atoms with Crippen LogP contribution in [0.4, 0.5) is 0 Å². The highest BCUT2D eigenvalue weighted by Crippen LogP contribution is 2.32. The first-order valence-electron chi connectivity index (χ1n) is 5.69. The summed E-state index contributed by atoms with van der Waals surface area (Å²) in [6.45, 7) is 3.92. The van der Waals surface area contributed by atoms with Crippen molar-refractivity contribution >= 4 is 0 Å². The van der Waals surface area contributed by atoms with Gasteiger partial charge in [0.25, 0.3) is 0 Å². The number of hydrogen-bond donors (Lipinski definition) is 1. The molecule has 1 aliphatic rings. The van der Waals surface area contributed by atoms with Crippen LogP contribution in [0.15, 0.2) is 24.4 Å². The average Bonchev–Trinajstić information content (AvgIpc) is 3.10. The van der Waals surface area contributed by atoms with E-state index in [0.717, 1.165) is 24.8 Å². The van der Waals surface area contributed by atoms with E-state index in [-0.39, 0.29) is 0 Å². The van der Waals surface area contributed by atoms with Gasteiger partial charge in [-0.3, -0.25) is 9.88 Å². The maximum atomic E-state index is 5.65. The van der Waals surface area contributed by atoms with Crippen molar-refractivity contribution in [2.45, 2.75) is 31.8 Å². The molecular weight excluding hydrogens is 186 g/mol. The molecule has 1 fully saturated rings. The molecule has 1 aromatic heterocycles. The Hall–Kier alpha value is -0.930. The molecule has 0 amide bonds. The van der Waals surface area contributed by atoms with Gasteiger partial charge in [-0.1, -0.05) is 6.07 Å². The Bertz CT molecular complexity index is 295. The van der Waals surface area contributed by atoms with E-state index in [0.29, 0.717) is 6.04 Å². The summed E-state index contributed by atoms with van der Waals surface area (Å²) in [4.78, 5) is 6.88. The van der Waals surface area contributed by atoms with Crippen LogP contribution < -0.4 is 5.73 Å². The summed E-state index contributed by atoms with van der Waals surface area (Å²) in [6, 6.07) is 7.23. The first-order valence-corrected chi connectivity index (χ1v) is 5.69. The Balaban J connectivity index is 2.07. The molecule has 0 aliphatic heterocycles. The van der Waals surface area contributed by atoms with Crippen LogP contribution in [-0.4, -0.2) is 29.0 Å². The monoisotopic (exact) mass is 205 g/mol. The Morgan fingerprint density at radius 3 is 2.87 bits per heavy atom. The van der Waals surface area contributed by atoms with Crippen LogP contribution in [0.1, 0.15) is 31.5 Å². The molecule has 1 atom stereocenters. The summed E-state index contributed by atoms with van der Waals surface area (Å²) in [7, 11) is 0.